The van der Waals surface area contributed by atoms with Crippen molar-refractivity contribution < 1.29 is 32.0 Å². The van der Waals surface area contributed by atoms with Crippen LogP contribution in [0.4, 0.5) is 0 Å². The van der Waals surface area contributed by atoms with Gasteiger partial charge in [0.1, 0.15) is 0 Å². The van der Waals surface area contributed by atoms with Crippen molar-refractivity contribution in [3.05, 3.63) is 94.6 Å². The average molecular weight is 376 g/mol. The van der Waals surface area contributed by atoms with Gasteiger partial charge >= 0.3 is 17.1 Å². The van der Waals surface area contributed by atoms with Gasteiger partial charge in [0, 0.05) is 0 Å². The Hall–Kier alpha value is -2.42. The third-order valence-corrected chi connectivity index (χ3v) is 3.46. The SMILES string of the molecule is CC([O-])=C1C=CC=C1.CCOC([O-])=c1ccc(=C2C=CC=C2)cc1.[Fe+2]. The first-order valence-electron chi connectivity index (χ1n) is 7.83. The zero-order valence-electron chi connectivity index (χ0n) is 14.2. The molecule has 0 N–H and O–H groups in total. The maximum absolute atomic E-state index is 11.4. The fraction of sp³-hybridized carbons (Fsp3) is 0.143. The molecule has 0 spiro atoms. The summed E-state index contributed by atoms with van der Waals surface area (Å²) in [5.74, 6) is -0.133. The molecular weight excluding hydrogens is 356 g/mol. The van der Waals surface area contributed by atoms with Gasteiger partial charge in [-0.3, -0.25) is 0 Å². The van der Waals surface area contributed by atoms with Gasteiger partial charge in [-0.1, -0.05) is 86.7 Å². The molecule has 0 saturated carbocycles. The molecule has 4 heteroatoms. The maximum atomic E-state index is 11.4. The standard InChI is InChI=1S/C14H14O2.C7H8O.Fe/c1-2-16-14(15)13-9-7-12(8-10-13)11-5-3-4-6-11;1-6(8)7-4-2-3-5-7;/h3-10,15H,2H2,1H3;2-5,8H,1H3;/q;;+2/p-2. The molecule has 0 aromatic heterocycles. The zero-order chi connectivity index (χ0) is 17.4. The molecule has 1 aromatic rings. The van der Waals surface area contributed by atoms with E-state index < -0.39 is 0 Å². The summed E-state index contributed by atoms with van der Waals surface area (Å²) in [5.41, 5.74) is 1.96. The summed E-state index contributed by atoms with van der Waals surface area (Å²) in [6.07, 6.45) is 15.4. The van der Waals surface area contributed by atoms with Gasteiger partial charge in [-0.25, -0.2) is 0 Å². The van der Waals surface area contributed by atoms with Crippen LogP contribution < -0.4 is 20.7 Å². The molecule has 0 bridgehead atoms. The van der Waals surface area contributed by atoms with Gasteiger partial charge in [0.05, 0.1) is 5.95 Å². The van der Waals surface area contributed by atoms with Crippen molar-refractivity contribution in [3.8, 4) is 0 Å². The quantitative estimate of drug-likeness (QED) is 0.575. The zero-order valence-corrected chi connectivity index (χ0v) is 15.3. The molecule has 3 nitrogen and oxygen atoms in total. The van der Waals surface area contributed by atoms with Gasteiger partial charge < -0.3 is 14.9 Å². The normalized spacial score (nSPS) is 13.4. The van der Waals surface area contributed by atoms with Gasteiger partial charge in [0.2, 0.25) is 0 Å². The molecule has 0 radical (unpaired) electrons. The van der Waals surface area contributed by atoms with Crippen LogP contribution >= 0.6 is 0 Å². The van der Waals surface area contributed by atoms with Crippen LogP contribution in [-0.4, -0.2) is 6.61 Å². The molecule has 130 valence electrons. The van der Waals surface area contributed by atoms with E-state index in [1.54, 1.807) is 26.0 Å². The van der Waals surface area contributed by atoms with Crippen LogP contribution in [0.2, 0.25) is 0 Å². The van der Waals surface area contributed by atoms with Gasteiger partial charge in [-0.15, -0.1) is 5.76 Å². The number of benzene rings is 1. The van der Waals surface area contributed by atoms with E-state index in [9.17, 15) is 10.2 Å². The summed E-state index contributed by atoms with van der Waals surface area (Å²) in [6, 6.07) is 7.45. The summed E-state index contributed by atoms with van der Waals surface area (Å²) in [7, 11) is 0. The number of allylic oxidation sites excluding steroid dienone is 10. The molecule has 3 rings (SSSR count). The van der Waals surface area contributed by atoms with Crippen molar-refractivity contribution in [1.82, 2.24) is 0 Å². The van der Waals surface area contributed by atoms with Crippen molar-refractivity contribution in [2.45, 2.75) is 13.8 Å². The molecule has 0 amide bonds. The molecule has 0 heterocycles. The summed E-state index contributed by atoms with van der Waals surface area (Å²) >= 11 is 0. The Labute approximate surface area is 158 Å². The molecule has 0 saturated heterocycles. The summed E-state index contributed by atoms with van der Waals surface area (Å²) in [6.45, 7) is 3.77. The fourth-order valence-corrected chi connectivity index (χ4v) is 2.19. The maximum Gasteiger partial charge on any atom is 2.00 e. The van der Waals surface area contributed by atoms with Crippen molar-refractivity contribution >= 4 is 11.5 Å². The minimum Gasteiger partial charge on any atom is -0.875 e. The van der Waals surface area contributed by atoms with Gasteiger partial charge in [-0.2, -0.15) is 0 Å². The first kappa shape index (κ1) is 20.6. The second-order valence-electron chi connectivity index (χ2n) is 5.20. The molecule has 0 fully saturated rings. The second kappa shape index (κ2) is 10.4. The van der Waals surface area contributed by atoms with Crippen LogP contribution in [0.1, 0.15) is 13.8 Å². The van der Waals surface area contributed by atoms with E-state index in [0.717, 1.165) is 16.4 Å². The van der Waals surface area contributed by atoms with Gasteiger partial charge in [-0.05, 0) is 28.2 Å². The average Bonchev–Trinajstić information content (AvgIpc) is 3.29. The second-order valence-corrected chi connectivity index (χ2v) is 5.20. The van der Waals surface area contributed by atoms with E-state index in [1.165, 1.54) is 0 Å². The summed E-state index contributed by atoms with van der Waals surface area (Å²) in [4.78, 5) is 0. The van der Waals surface area contributed by atoms with E-state index >= 15 is 0 Å². The molecular formula is C21H20FeO3. The minimum atomic E-state index is -0.267. The third kappa shape index (κ3) is 6.18. The van der Waals surface area contributed by atoms with Crippen LogP contribution in [0.15, 0.2) is 84.2 Å². The van der Waals surface area contributed by atoms with E-state index in [-0.39, 0.29) is 28.8 Å². The third-order valence-electron chi connectivity index (χ3n) is 3.46. The molecule has 25 heavy (non-hydrogen) atoms. The minimum absolute atomic E-state index is 0. The van der Waals surface area contributed by atoms with E-state index in [0.29, 0.717) is 11.8 Å². The van der Waals surface area contributed by atoms with Crippen molar-refractivity contribution in [2.75, 3.05) is 6.61 Å². The van der Waals surface area contributed by atoms with Crippen molar-refractivity contribution in [1.29, 1.82) is 0 Å². The first-order chi connectivity index (χ1) is 11.6. The predicted molar refractivity (Wildman–Crippen MR) is 93.4 cm³/mol. The number of rotatable bonds is 2. The Morgan fingerprint density at radius 2 is 1.40 bits per heavy atom. The van der Waals surface area contributed by atoms with Gasteiger partial charge in [0.15, 0.2) is 0 Å². The Bertz CT molecular complexity index is 800. The van der Waals surface area contributed by atoms with Crippen LogP contribution in [-0.2, 0) is 21.8 Å². The van der Waals surface area contributed by atoms with E-state index in [1.807, 2.05) is 60.7 Å². The van der Waals surface area contributed by atoms with Crippen molar-refractivity contribution in [2.24, 2.45) is 0 Å². The molecule has 2 aliphatic carbocycles. The number of ether oxygens (including phenoxy) is 1. The van der Waals surface area contributed by atoms with Gasteiger partial charge in [0.25, 0.3) is 0 Å². The summed E-state index contributed by atoms with van der Waals surface area (Å²) < 4.78 is 4.92. The monoisotopic (exact) mass is 376 g/mol. The molecule has 1 aromatic carbocycles. The number of hydrogen-bond acceptors (Lipinski definition) is 3. The first-order valence-corrected chi connectivity index (χ1v) is 7.83. The summed E-state index contributed by atoms with van der Waals surface area (Å²) in [5, 5.41) is 23.6. The van der Waals surface area contributed by atoms with E-state index in [2.05, 4.69) is 0 Å². The van der Waals surface area contributed by atoms with Crippen LogP contribution in [0.25, 0.3) is 11.5 Å². The topological polar surface area (TPSA) is 55.3 Å². The molecule has 0 unspecified atom stereocenters. The van der Waals surface area contributed by atoms with Crippen molar-refractivity contribution in [3.63, 3.8) is 0 Å². The molecule has 2 aliphatic rings. The smallest absolute Gasteiger partial charge is 0.875 e. The number of hydrogen-bond donors (Lipinski definition) is 0. The Balaban J connectivity index is 0.000000295. The molecule has 0 aliphatic heterocycles. The fourth-order valence-electron chi connectivity index (χ4n) is 2.19. The van der Waals surface area contributed by atoms with Crippen LogP contribution in [0.3, 0.4) is 0 Å². The Morgan fingerprint density at radius 1 is 0.880 bits per heavy atom. The Kier molecular flexibility index (Phi) is 8.62. The van der Waals surface area contributed by atoms with E-state index in [4.69, 9.17) is 4.74 Å². The largest absolute Gasteiger partial charge is 2.00 e. The molecule has 0 atom stereocenters. The predicted octanol–water partition coefficient (Wildman–Crippen LogP) is 1.17. The van der Waals surface area contributed by atoms with Crippen LogP contribution in [0.5, 0.6) is 0 Å². The van der Waals surface area contributed by atoms with Crippen LogP contribution in [0, 0.1) is 0 Å². The Morgan fingerprint density at radius 3 is 1.84 bits per heavy atom.